The Morgan fingerprint density at radius 3 is 1.79 bits per heavy atom. The number of hydrogen-bond acceptors (Lipinski definition) is 3. The Hall–Kier alpha value is -2.68. The van der Waals surface area contributed by atoms with E-state index in [-0.39, 0.29) is 0 Å². The molecule has 3 aromatic rings. The summed E-state index contributed by atoms with van der Waals surface area (Å²) in [6.45, 7) is 2.22. The third-order valence-electron chi connectivity index (χ3n) is 4.11. The molecule has 0 aliphatic carbocycles. The minimum absolute atomic E-state index is 0.839. The second kappa shape index (κ2) is 7.73. The van der Waals surface area contributed by atoms with E-state index in [2.05, 4.69) is 41.2 Å². The number of rotatable bonds is 6. The van der Waals surface area contributed by atoms with Crippen LogP contribution in [-0.2, 0) is 6.42 Å². The number of unbranched alkanes of at least 4 members (excludes halogenated alkanes) is 1. The van der Waals surface area contributed by atoms with Crippen LogP contribution in [-0.4, -0.2) is 17.1 Å². The highest BCUT2D eigenvalue weighted by Crippen LogP contribution is 2.22. The van der Waals surface area contributed by atoms with E-state index in [0.717, 1.165) is 34.7 Å². The summed E-state index contributed by atoms with van der Waals surface area (Å²) in [5.41, 5.74) is 5.27. The molecule has 0 spiro atoms. The van der Waals surface area contributed by atoms with Crippen molar-refractivity contribution in [1.29, 1.82) is 0 Å². The van der Waals surface area contributed by atoms with Gasteiger partial charge in [0.2, 0.25) is 0 Å². The second-order valence-corrected chi connectivity index (χ2v) is 5.82. The van der Waals surface area contributed by atoms with E-state index in [0.29, 0.717) is 0 Å². The summed E-state index contributed by atoms with van der Waals surface area (Å²) in [6, 6.07) is 16.5. The molecule has 2 aromatic carbocycles. The molecule has 0 fully saturated rings. The maximum atomic E-state index is 5.18. The zero-order valence-electron chi connectivity index (χ0n) is 14.2. The first-order valence-electron chi connectivity index (χ1n) is 8.36. The van der Waals surface area contributed by atoms with Crippen LogP contribution in [0.3, 0.4) is 0 Å². The van der Waals surface area contributed by atoms with Crippen molar-refractivity contribution in [2.45, 2.75) is 26.2 Å². The summed E-state index contributed by atoms with van der Waals surface area (Å²) in [5.74, 6) is 0.839. The average Bonchev–Trinajstić information content (AvgIpc) is 2.67. The van der Waals surface area contributed by atoms with Gasteiger partial charge in [-0.25, -0.2) is 0 Å². The molecular formula is C21H22N2O. The smallest absolute Gasteiger partial charge is 0.118 e. The van der Waals surface area contributed by atoms with E-state index in [1.54, 1.807) is 7.11 Å². The topological polar surface area (TPSA) is 35.0 Å². The van der Waals surface area contributed by atoms with Gasteiger partial charge in [0.25, 0.3) is 0 Å². The fourth-order valence-corrected chi connectivity index (χ4v) is 2.61. The molecule has 0 aliphatic rings. The van der Waals surface area contributed by atoms with Crippen molar-refractivity contribution in [3.63, 3.8) is 0 Å². The highest BCUT2D eigenvalue weighted by molar-refractivity contribution is 5.63. The first kappa shape index (κ1) is 16.2. The molecule has 1 aromatic heterocycles. The summed E-state index contributed by atoms with van der Waals surface area (Å²) in [7, 11) is 1.66. The molecule has 0 bridgehead atoms. The lowest BCUT2D eigenvalue weighted by Crippen LogP contribution is -1.90. The summed E-state index contributed by atoms with van der Waals surface area (Å²) in [4.78, 5) is 9.12. The molecule has 0 saturated heterocycles. The maximum Gasteiger partial charge on any atom is 0.118 e. The number of hydrogen-bond donors (Lipinski definition) is 0. The number of benzene rings is 2. The quantitative estimate of drug-likeness (QED) is 0.629. The van der Waals surface area contributed by atoms with Gasteiger partial charge in [0.05, 0.1) is 30.9 Å². The van der Waals surface area contributed by atoms with Crippen LogP contribution >= 0.6 is 0 Å². The maximum absolute atomic E-state index is 5.18. The van der Waals surface area contributed by atoms with Crippen LogP contribution in [0.2, 0.25) is 0 Å². The van der Waals surface area contributed by atoms with Gasteiger partial charge < -0.3 is 4.74 Å². The lowest BCUT2D eigenvalue weighted by atomic mass is 10.0. The van der Waals surface area contributed by atoms with Crippen molar-refractivity contribution in [2.24, 2.45) is 0 Å². The Balaban J connectivity index is 1.76. The van der Waals surface area contributed by atoms with Gasteiger partial charge in [0.1, 0.15) is 5.75 Å². The van der Waals surface area contributed by atoms with Crippen molar-refractivity contribution >= 4 is 0 Å². The molecule has 1 heterocycles. The molecule has 3 heteroatoms. The van der Waals surface area contributed by atoms with E-state index in [1.807, 2.05) is 36.7 Å². The molecule has 0 saturated carbocycles. The van der Waals surface area contributed by atoms with Gasteiger partial charge in [0, 0.05) is 11.1 Å². The van der Waals surface area contributed by atoms with Crippen molar-refractivity contribution in [1.82, 2.24) is 9.97 Å². The van der Waals surface area contributed by atoms with Gasteiger partial charge in [-0.1, -0.05) is 37.6 Å². The first-order valence-corrected chi connectivity index (χ1v) is 8.36. The molecule has 0 N–H and O–H groups in total. The third-order valence-corrected chi connectivity index (χ3v) is 4.11. The van der Waals surface area contributed by atoms with Crippen molar-refractivity contribution in [3.8, 4) is 28.3 Å². The van der Waals surface area contributed by atoms with Gasteiger partial charge in [-0.3, -0.25) is 9.97 Å². The molecule has 3 rings (SSSR count). The largest absolute Gasteiger partial charge is 0.497 e. The van der Waals surface area contributed by atoms with E-state index < -0.39 is 0 Å². The minimum Gasteiger partial charge on any atom is -0.497 e. The summed E-state index contributed by atoms with van der Waals surface area (Å²) >= 11 is 0. The predicted molar refractivity (Wildman–Crippen MR) is 98.1 cm³/mol. The summed E-state index contributed by atoms with van der Waals surface area (Å²) in [5, 5.41) is 0. The lowest BCUT2D eigenvalue weighted by molar-refractivity contribution is 0.415. The number of ether oxygens (including phenoxy) is 1. The fourth-order valence-electron chi connectivity index (χ4n) is 2.61. The molecular weight excluding hydrogens is 296 g/mol. The van der Waals surface area contributed by atoms with E-state index in [1.165, 1.54) is 18.4 Å². The fraction of sp³-hybridized carbons (Fsp3) is 0.238. The van der Waals surface area contributed by atoms with E-state index >= 15 is 0 Å². The second-order valence-electron chi connectivity index (χ2n) is 5.82. The van der Waals surface area contributed by atoms with E-state index in [4.69, 9.17) is 4.74 Å². The molecule has 0 atom stereocenters. The predicted octanol–water partition coefficient (Wildman–Crippen LogP) is 5.16. The Morgan fingerprint density at radius 1 is 0.792 bits per heavy atom. The molecule has 3 nitrogen and oxygen atoms in total. The first-order chi connectivity index (χ1) is 11.8. The van der Waals surface area contributed by atoms with Crippen LogP contribution in [0.15, 0.2) is 60.9 Å². The van der Waals surface area contributed by atoms with Crippen LogP contribution in [0.4, 0.5) is 0 Å². The van der Waals surface area contributed by atoms with Crippen LogP contribution in [0, 0.1) is 0 Å². The number of aromatic nitrogens is 2. The van der Waals surface area contributed by atoms with Gasteiger partial charge in [-0.15, -0.1) is 0 Å². The summed E-state index contributed by atoms with van der Waals surface area (Å²) < 4.78 is 5.18. The van der Waals surface area contributed by atoms with Crippen LogP contribution in [0.1, 0.15) is 25.3 Å². The normalized spacial score (nSPS) is 10.6. The summed E-state index contributed by atoms with van der Waals surface area (Å²) in [6.07, 6.45) is 7.25. The van der Waals surface area contributed by atoms with Crippen molar-refractivity contribution in [3.05, 3.63) is 66.5 Å². The highest BCUT2D eigenvalue weighted by atomic mass is 16.5. The van der Waals surface area contributed by atoms with Gasteiger partial charge in [0.15, 0.2) is 0 Å². The highest BCUT2D eigenvalue weighted by Gasteiger charge is 2.04. The van der Waals surface area contributed by atoms with Crippen LogP contribution in [0.25, 0.3) is 22.5 Å². The number of nitrogens with zero attached hydrogens (tertiary/aromatic N) is 2. The monoisotopic (exact) mass is 318 g/mol. The van der Waals surface area contributed by atoms with Gasteiger partial charge >= 0.3 is 0 Å². The zero-order valence-corrected chi connectivity index (χ0v) is 14.2. The Labute approximate surface area is 143 Å². The Kier molecular flexibility index (Phi) is 5.22. The van der Waals surface area contributed by atoms with E-state index in [9.17, 15) is 0 Å². The molecule has 0 radical (unpaired) electrons. The number of aryl methyl sites for hydroxylation is 1. The van der Waals surface area contributed by atoms with Gasteiger partial charge in [-0.05, 0) is 42.7 Å². The molecule has 0 unspecified atom stereocenters. The zero-order chi connectivity index (χ0) is 16.8. The molecule has 122 valence electrons. The van der Waals surface area contributed by atoms with Crippen LogP contribution in [0.5, 0.6) is 5.75 Å². The minimum atomic E-state index is 0.839. The Bertz CT molecular complexity index is 762. The van der Waals surface area contributed by atoms with Crippen molar-refractivity contribution < 1.29 is 4.74 Å². The van der Waals surface area contributed by atoms with Crippen molar-refractivity contribution in [2.75, 3.05) is 7.11 Å². The SMILES string of the molecule is CCCCc1ccc(-c2cnc(-c3ccc(OC)cc3)cn2)cc1. The Morgan fingerprint density at radius 2 is 1.33 bits per heavy atom. The standard InChI is InChI=1S/C21H22N2O/c1-3-4-5-16-6-8-17(9-7-16)20-14-23-21(15-22-20)18-10-12-19(24-2)13-11-18/h6-15H,3-5H2,1-2H3. The molecule has 0 amide bonds. The van der Waals surface area contributed by atoms with Crippen LogP contribution < -0.4 is 4.74 Å². The van der Waals surface area contributed by atoms with Gasteiger partial charge in [-0.2, -0.15) is 0 Å². The number of methoxy groups -OCH3 is 1. The molecule has 0 aliphatic heterocycles. The third kappa shape index (κ3) is 3.80. The average molecular weight is 318 g/mol. The lowest BCUT2D eigenvalue weighted by Gasteiger charge is -2.06. The molecule has 24 heavy (non-hydrogen) atoms.